The monoisotopic (exact) mass is 528 g/mol. The van der Waals surface area contributed by atoms with Crippen LogP contribution in [0.15, 0.2) is 54.2 Å². The van der Waals surface area contributed by atoms with Crippen LogP contribution in [0.4, 0.5) is 4.39 Å². The van der Waals surface area contributed by atoms with Crippen molar-refractivity contribution in [3.8, 4) is 5.69 Å². The first-order valence-electron chi connectivity index (χ1n) is 10.9. The van der Waals surface area contributed by atoms with E-state index in [0.717, 1.165) is 5.65 Å². The largest absolute Gasteiger partial charge is 0.306 e. The highest BCUT2D eigenvalue weighted by Gasteiger charge is 2.24. The fourth-order valence-corrected chi connectivity index (χ4v) is 4.98. The number of benzene rings is 1. The van der Waals surface area contributed by atoms with Crippen LogP contribution in [0.3, 0.4) is 0 Å². The maximum atomic E-state index is 14.7. The smallest absolute Gasteiger partial charge is 0.261 e. The van der Waals surface area contributed by atoms with Crippen LogP contribution in [0.1, 0.15) is 35.6 Å². The molecule has 0 spiro atoms. The number of nitrogens with zero attached hydrogens (tertiary/aromatic N) is 9. The molecule has 4 aromatic heterocycles. The molecule has 1 saturated carbocycles. The normalized spacial score (nSPS) is 14.1. The zero-order valence-corrected chi connectivity index (χ0v) is 20.1. The Labute approximate surface area is 208 Å². The minimum atomic E-state index is -4.12. The van der Waals surface area contributed by atoms with Gasteiger partial charge in [0, 0.05) is 24.5 Å². The Morgan fingerprint density at radius 1 is 1.11 bits per heavy atom. The molecule has 0 bridgehead atoms. The molecule has 0 atom stereocenters. The summed E-state index contributed by atoms with van der Waals surface area (Å²) in [5.41, 5.74) is 3.00. The predicted octanol–water partition coefficient (Wildman–Crippen LogP) is 2.10. The fraction of sp³-hybridized carbons (Fsp3) is 0.238. The van der Waals surface area contributed by atoms with E-state index < -0.39 is 22.4 Å². The van der Waals surface area contributed by atoms with E-state index in [2.05, 4.69) is 47.8 Å². The lowest BCUT2D eigenvalue weighted by Crippen LogP contribution is -2.25. The molecule has 1 aromatic carbocycles. The van der Waals surface area contributed by atoms with Crippen molar-refractivity contribution < 1.29 is 12.8 Å². The van der Waals surface area contributed by atoms with Gasteiger partial charge in [-0.2, -0.15) is 0 Å². The van der Waals surface area contributed by atoms with Crippen LogP contribution < -0.4 is 4.72 Å². The highest BCUT2D eigenvalue weighted by Crippen LogP contribution is 2.39. The van der Waals surface area contributed by atoms with Crippen molar-refractivity contribution in [3.05, 3.63) is 76.8 Å². The zero-order valence-electron chi connectivity index (χ0n) is 18.5. The third-order valence-electron chi connectivity index (χ3n) is 5.90. The van der Waals surface area contributed by atoms with Crippen LogP contribution in [0.25, 0.3) is 11.3 Å². The van der Waals surface area contributed by atoms with Crippen molar-refractivity contribution in [2.24, 2.45) is 0 Å². The SMILES string of the molecule is O=S(=O)(NCc1c(-n2cnnn2)ccc(Cl)c1F)c1cn(Cc2cn3cc(C4CC4)ccc3n2)nn1. The molecule has 5 aromatic rings. The third-order valence-corrected chi connectivity index (χ3v) is 7.45. The fourth-order valence-electron chi connectivity index (χ4n) is 3.92. The Balaban J connectivity index is 1.19. The van der Waals surface area contributed by atoms with Crippen LogP contribution in [-0.2, 0) is 23.1 Å². The van der Waals surface area contributed by atoms with Gasteiger partial charge < -0.3 is 4.40 Å². The quantitative estimate of drug-likeness (QED) is 0.323. The van der Waals surface area contributed by atoms with E-state index in [4.69, 9.17) is 11.6 Å². The van der Waals surface area contributed by atoms with Crippen molar-refractivity contribution >= 4 is 27.3 Å². The van der Waals surface area contributed by atoms with Gasteiger partial charge in [-0.15, -0.1) is 10.2 Å². The maximum Gasteiger partial charge on any atom is 0.261 e. The summed E-state index contributed by atoms with van der Waals surface area (Å²) in [4.78, 5) is 4.56. The lowest BCUT2D eigenvalue weighted by Gasteiger charge is -2.11. The van der Waals surface area contributed by atoms with Crippen LogP contribution in [0, 0.1) is 5.82 Å². The van der Waals surface area contributed by atoms with E-state index in [-0.39, 0.29) is 27.8 Å². The van der Waals surface area contributed by atoms with Crippen LogP contribution in [0.2, 0.25) is 5.02 Å². The van der Waals surface area contributed by atoms with Crippen molar-refractivity contribution in [3.63, 3.8) is 0 Å². The first-order chi connectivity index (χ1) is 17.4. The highest BCUT2D eigenvalue weighted by molar-refractivity contribution is 7.89. The van der Waals surface area contributed by atoms with Gasteiger partial charge in [0.05, 0.1) is 29.1 Å². The highest BCUT2D eigenvalue weighted by atomic mass is 35.5. The second-order valence-corrected chi connectivity index (χ2v) is 10.5. The van der Waals surface area contributed by atoms with Crippen molar-refractivity contribution in [1.29, 1.82) is 0 Å². The number of fused-ring (bicyclic) bond motifs is 1. The second kappa shape index (κ2) is 8.72. The van der Waals surface area contributed by atoms with Crippen molar-refractivity contribution in [1.82, 2.24) is 49.3 Å². The first kappa shape index (κ1) is 22.7. The average Bonchev–Trinajstić information content (AvgIpc) is 3.23. The van der Waals surface area contributed by atoms with Gasteiger partial charge in [0.25, 0.3) is 10.0 Å². The Hall–Kier alpha value is -3.75. The molecule has 36 heavy (non-hydrogen) atoms. The molecular formula is C21H18ClFN10O2S. The third kappa shape index (κ3) is 4.34. The molecule has 0 saturated heterocycles. The van der Waals surface area contributed by atoms with Crippen molar-refractivity contribution in [2.75, 3.05) is 0 Å². The number of tetrazole rings is 1. The predicted molar refractivity (Wildman–Crippen MR) is 124 cm³/mol. The number of aromatic nitrogens is 9. The van der Waals surface area contributed by atoms with Gasteiger partial charge in [-0.1, -0.05) is 22.9 Å². The molecule has 1 fully saturated rings. The molecule has 1 aliphatic rings. The van der Waals surface area contributed by atoms with Gasteiger partial charge in [-0.05, 0) is 52.9 Å². The molecular weight excluding hydrogens is 511 g/mol. The van der Waals surface area contributed by atoms with Gasteiger partial charge in [0.2, 0.25) is 5.03 Å². The molecule has 4 heterocycles. The van der Waals surface area contributed by atoms with Gasteiger partial charge in [0.15, 0.2) is 0 Å². The Morgan fingerprint density at radius 3 is 2.75 bits per heavy atom. The molecule has 0 radical (unpaired) electrons. The molecule has 1 N–H and O–H groups in total. The summed E-state index contributed by atoms with van der Waals surface area (Å²) in [6.07, 6.45) is 8.93. The average molecular weight is 529 g/mol. The first-order valence-corrected chi connectivity index (χ1v) is 12.8. The topological polar surface area (TPSA) is 138 Å². The van der Waals surface area contributed by atoms with E-state index in [1.807, 2.05) is 16.7 Å². The Morgan fingerprint density at radius 2 is 1.97 bits per heavy atom. The molecule has 0 unspecified atom stereocenters. The number of imidazole rings is 1. The van der Waals surface area contributed by atoms with E-state index in [0.29, 0.717) is 11.6 Å². The summed E-state index contributed by atoms with van der Waals surface area (Å²) in [6.45, 7) is -0.179. The second-order valence-electron chi connectivity index (χ2n) is 8.43. The summed E-state index contributed by atoms with van der Waals surface area (Å²) in [5.74, 6) is -0.159. The molecule has 6 rings (SSSR count). The molecule has 0 aliphatic heterocycles. The van der Waals surface area contributed by atoms with Gasteiger partial charge in [0.1, 0.15) is 17.8 Å². The summed E-state index contributed by atoms with van der Waals surface area (Å²) in [5, 5.41) is 18.0. The lowest BCUT2D eigenvalue weighted by molar-refractivity contribution is 0.569. The summed E-state index contributed by atoms with van der Waals surface area (Å²) in [7, 11) is -4.12. The minimum absolute atomic E-state index is 0.0268. The Bertz CT molecular complexity index is 1680. The van der Waals surface area contributed by atoms with Crippen molar-refractivity contribution in [2.45, 2.75) is 36.9 Å². The van der Waals surface area contributed by atoms with Gasteiger partial charge in [-0.25, -0.2) is 31.9 Å². The number of sulfonamides is 1. The summed E-state index contributed by atoms with van der Waals surface area (Å²) >= 11 is 5.90. The molecule has 184 valence electrons. The number of pyridine rings is 1. The number of hydrogen-bond acceptors (Lipinski definition) is 8. The standard InChI is InChI=1S/C21H18ClFN10O2S/c22-17-4-5-18(33-12-24-28-30-33)16(21(17)23)7-25-36(34,35)20-11-32(29-27-20)10-15-9-31-8-14(13-1-2-13)3-6-19(31)26-15/h3-6,8-9,11-13,25H,1-2,7,10H2. The molecule has 12 nitrogen and oxygen atoms in total. The zero-order chi connectivity index (χ0) is 24.9. The van der Waals surface area contributed by atoms with Crippen LogP contribution in [0.5, 0.6) is 0 Å². The van der Waals surface area contributed by atoms with E-state index in [9.17, 15) is 12.8 Å². The summed E-state index contributed by atoms with van der Waals surface area (Å²) in [6, 6.07) is 6.88. The lowest BCUT2D eigenvalue weighted by atomic mass is 10.1. The molecule has 1 aliphatic carbocycles. The van der Waals surface area contributed by atoms with Crippen LogP contribution in [-0.4, -0.2) is 53.0 Å². The van der Waals surface area contributed by atoms with E-state index in [1.165, 1.54) is 52.4 Å². The van der Waals surface area contributed by atoms with E-state index in [1.54, 1.807) is 0 Å². The molecule has 0 amide bonds. The van der Waals surface area contributed by atoms with Gasteiger partial charge in [-0.3, -0.25) is 0 Å². The number of hydrogen-bond donors (Lipinski definition) is 1. The minimum Gasteiger partial charge on any atom is -0.306 e. The maximum absolute atomic E-state index is 14.7. The van der Waals surface area contributed by atoms with E-state index >= 15 is 0 Å². The molecule has 15 heteroatoms. The summed E-state index contributed by atoms with van der Waals surface area (Å²) < 4.78 is 47.4. The Kier molecular flexibility index (Phi) is 5.50. The number of halogens is 2. The van der Waals surface area contributed by atoms with Crippen LogP contribution >= 0.6 is 11.6 Å². The van der Waals surface area contributed by atoms with Gasteiger partial charge >= 0.3 is 0 Å². The number of nitrogens with one attached hydrogen (secondary N) is 1. The number of rotatable bonds is 8.